The molecule has 0 unspecified atom stereocenters. The number of aromatic carboxylic acids is 1. The zero-order valence-corrected chi connectivity index (χ0v) is 14.4. The Morgan fingerprint density at radius 1 is 1.20 bits per heavy atom. The van der Waals surface area contributed by atoms with Crippen molar-refractivity contribution < 1.29 is 23.1 Å². The number of sulfonamides is 1. The van der Waals surface area contributed by atoms with Gasteiger partial charge in [-0.1, -0.05) is 6.07 Å². The van der Waals surface area contributed by atoms with Crippen LogP contribution in [0.1, 0.15) is 21.5 Å². The SMILES string of the molecule is COc1ccc(C(=O)O)cc1S(=O)(=O)Nc1ccc2c(c1)CCNC2. The van der Waals surface area contributed by atoms with Gasteiger partial charge in [-0.2, -0.15) is 0 Å². The number of methoxy groups -OCH3 is 1. The monoisotopic (exact) mass is 362 g/mol. The van der Waals surface area contributed by atoms with E-state index in [0.717, 1.165) is 36.7 Å². The van der Waals surface area contributed by atoms with E-state index in [1.165, 1.54) is 19.2 Å². The molecule has 0 aliphatic carbocycles. The standard InChI is InChI=1S/C17H18N2O5S/c1-24-15-5-3-12(17(20)21)9-16(15)25(22,23)19-14-4-2-13-10-18-7-6-11(13)8-14/h2-5,8-9,18-19H,6-7,10H2,1H3,(H,20,21). The van der Waals surface area contributed by atoms with Crippen molar-refractivity contribution in [1.82, 2.24) is 5.32 Å². The number of hydrogen-bond donors (Lipinski definition) is 3. The van der Waals surface area contributed by atoms with Gasteiger partial charge in [-0.25, -0.2) is 13.2 Å². The molecule has 0 fully saturated rings. The van der Waals surface area contributed by atoms with Crippen molar-refractivity contribution >= 4 is 21.7 Å². The number of carbonyl (C=O) groups is 1. The van der Waals surface area contributed by atoms with Crippen molar-refractivity contribution in [2.75, 3.05) is 18.4 Å². The molecule has 0 bridgehead atoms. The fourth-order valence-corrected chi connectivity index (χ4v) is 4.02. The van der Waals surface area contributed by atoms with Crippen LogP contribution in [0, 0.1) is 0 Å². The first-order valence-electron chi connectivity index (χ1n) is 7.67. The van der Waals surface area contributed by atoms with Crippen LogP contribution in [0.25, 0.3) is 0 Å². The van der Waals surface area contributed by atoms with E-state index in [1.54, 1.807) is 12.1 Å². The summed E-state index contributed by atoms with van der Waals surface area (Å²) in [5.74, 6) is -1.12. The first kappa shape index (κ1) is 17.2. The van der Waals surface area contributed by atoms with Gasteiger partial charge in [0, 0.05) is 12.2 Å². The highest BCUT2D eigenvalue weighted by Crippen LogP contribution is 2.28. The molecule has 0 atom stereocenters. The van der Waals surface area contributed by atoms with E-state index in [4.69, 9.17) is 9.84 Å². The van der Waals surface area contributed by atoms with Crippen molar-refractivity contribution in [3.8, 4) is 5.75 Å². The number of carboxylic acids is 1. The maximum absolute atomic E-state index is 12.7. The topological polar surface area (TPSA) is 105 Å². The van der Waals surface area contributed by atoms with E-state index in [9.17, 15) is 13.2 Å². The number of rotatable bonds is 5. The lowest BCUT2D eigenvalue weighted by molar-refractivity contribution is 0.0696. The molecule has 0 amide bonds. The smallest absolute Gasteiger partial charge is 0.335 e. The zero-order chi connectivity index (χ0) is 18.0. The minimum atomic E-state index is -3.99. The summed E-state index contributed by atoms with van der Waals surface area (Å²) in [6.07, 6.45) is 0.822. The van der Waals surface area contributed by atoms with Gasteiger partial charge in [0.2, 0.25) is 0 Å². The van der Waals surface area contributed by atoms with Crippen molar-refractivity contribution in [1.29, 1.82) is 0 Å². The average Bonchev–Trinajstić information content (AvgIpc) is 2.60. The molecule has 0 saturated carbocycles. The van der Waals surface area contributed by atoms with Gasteiger partial charge in [0.25, 0.3) is 10.0 Å². The highest BCUT2D eigenvalue weighted by Gasteiger charge is 2.22. The Labute approximate surface area is 145 Å². The van der Waals surface area contributed by atoms with Crippen LogP contribution in [0.2, 0.25) is 0 Å². The van der Waals surface area contributed by atoms with E-state index >= 15 is 0 Å². The molecule has 132 valence electrons. The molecule has 0 saturated heterocycles. The van der Waals surface area contributed by atoms with Crippen LogP contribution in [0.4, 0.5) is 5.69 Å². The summed E-state index contributed by atoms with van der Waals surface area (Å²) >= 11 is 0. The molecular formula is C17H18N2O5S. The van der Waals surface area contributed by atoms with Gasteiger partial charge in [-0.05, 0) is 54.4 Å². The van der Waals surface area contributed by atoms with Crippen molar-refractivity contribution in [3.63, 3.8) is 0 Å². The third-order valence-electron chi connectivity index (χ3n) is 4.05. The van der Waals surface area contributed by atoms with Crippen LogP contribution < -0.4 is 14.8 Å². The molecule has 2 aromatic rings. The molecule has 1 aliphatic heterocycles. The Bertz CT molecular complexity index is 925. The van der Waals surface area contributed by atoms with E-state index < -0.39 is 16.0 Å². The van der Waals surface area contributed by atoms with Gasteiger partial charge in [-0.3, -0.25) is 4.72 Å². The van der Waals surface area contributed by atoms with Crippen LogP contribution in [0.3, 0.4) is 0 Å². The second kappa shape index (κ2) is 6.73. The highest BCUT2D eigenvalue weighted by molar-refractivity contribution is 7.92. The normalized spacial score (nSPS) is 13.8. The van der Waals surface area contributed by atoms with Gasteiger partial charge >= 0.3 is 5.97 Å². The first-order valence-corrected chi connectivity index (χ1v) is 9.16. The second-order valence-corrected chi connectivity index (χ2v) is 7.34. The number of carboxylic acid groups (broad SMARTS) is 1. The molecule has 3 N–H and O–H groups in total. The van der Waals surface area contributed by atoms with Gasteiger partial charge < -0.3 is 15.2 Å². The number of benzene rings is 2. The van der Waals surface area contributed by atoms with Crippen molar-refractivity contribution in [3.05, 3.63) is 53.1 Å². The molecule has 25 heavy (non-hydrogen) atoms. The van der Waals surface area contributed by atoms with Crippen molar-refractivity contribution in [2.24, 2.45) is 0 Å². The molecule has 1 aliphatic rings. The lowest BCUT2D eigenvalue weighted by Gasteiger charge is -2.18. The molecular weight excluding hydrogens is 344 g/mol. The van der Waals surface area contributed by atoms with Crippen LogP contribution in [-0.2, 0) is 23.0 Å². The molecule has 1 heterocycles. The fourth-order valence-electron chi connectivity index (χ4n) is 2.77. The molecule has 0 spiro atoms. The third kappa shape index (κ3) is 3.59. The summed E-state index contributed by atoms with van der Waals surface area (Å²) in [6, 6.07) is 9.09. The number of hydrogen-bond acceptors (Lipinski definition) is 5. The summed E-state index contributed by atoms with van der Waals surface area (Å²) < 4.78 is 33.0. The summed E-state index contributed by atoms with van der Waals surface area (Å²) in [4.78, 5) is 10.9. The Morgan fingerprint density at radius 2 is 2.00 bits per heavy atom. The predicted molar refractivity (Wildman–Crippen MR) is 92.6 cm³/mol. The highest BCUT2D eigenvalue weighted by atomic mass is 32.2. The lowest BCUT2D eigenvalue weighted by atomic mass is 10.0. The van der Waals surface area contributed by atoms with Crippen LogP contribution in [-0.4, -0.2) is 33.1 Å². The fraction of sp³-hybridized carbons (Fsp3) is 0.235. The van der Waals surface area contributed by atoms with Crippen LogP contribution >= 0.6 is 0 Å². The number of ether oxygens (including phenoxy) is 1. The summed E-state index contributed by atoms with van der Waals surface area (Å²) in [7, 11) is -2.66. The minimum absolute atomic E-state index is 0.0830. The van der Waals surface area contributed by atoms with Gasteiger partial charge in [0.05, 0.1) is 12.7 Å². The van der Waals surface area contributed by atoms with Crippen molar-refractivity contribution in [2.45, 2.75) is 17.9 Å². The zero-order valence-electron chi connectivity index (χ0n) is 13.6. The summed E-state index contributed by atoms with van der Waals surface area (Å²) in [6.45, 7) is 1.61. The Hall–Kier alpha value is -2.58. The van der Waals surface area contributed by atoms with Gasteiger partial charge in [0.1, 0.15) is 10.6 Å². The molecule has 0 radical (unpaired) electrons. The lowest BCUT2D eigenvalue weighted by Crippen LogP contribution is -2.23. The Balaban J connectivity index is 1.97. The third-order valence-corrected chi connectivity index (χ3v) is 5.45. The molecule has 0 aromatic heterocycles. The minimum Gasteiger partial charge on any atom is -0.495 e. The van der Waals surface area contributed by atoms with E-state index in [2.05, 4.69) is 10.0 Å². The van der Waals surface area contributed by atoms with Gasteiger partial charge in [0.15, 0.2) is 0 Å². The average molecular weight is 362 g/mol. The maximum Gasteiger partial charge on any atom is 0.335 e. The molecule has 2 aromatic carbocycles. The summed E-state index contributed by atoms with van der Waals surface area (Å²) in [5, 5.41) is 12.4. The van der Waals surface area contributed by atoms with E-state index in [-0.39, 0.29) is 16.2 Å². The number of fused-ring (bicyclic) bond motifs is 1. The Morgan fingerprint density at radius 3 is 2.72 bits per heavy atom. The van der Waals surface area contributed by atoms with E-state index in [0.29, 0.717) is 5.69 Å². The van der Waals surface area contributed by atoms with E-state index in [1.807, 2.05) is 6.07 Å². The summed E-state index contributed by atoms with van der Waals surface area (Å²) in [5.41, 5.74) is 2.53. The largest absolute Gasteiger partial charge is 0.495 e. The molecule has 3 rings (SSSR count). The maximum atomic E-state index is 12.7. The molecule has 7 nitrogen and oxygen atoms in total. The van der Waals surface area contributed by atoms with Crippen LogP contribution in [0.5, 0.6) is 5.75 Å². The predicted octanol–water partition coefficient (Wildman–Crippen LogP) is 1.84. The van der Waals surface area contributed by atoms with Gasteiger partial charge in [-0.15, -0.1) is 0 Å². The quantitative estimate of drug-likeness (QED) is 0.750. The van der Waals surface area contributed by atoms with Crippen LogP contribution in [0.15, 0.2) is 41.3 Å². The molecule has 8 heteroatoms. The Kier molecular flexibility index (Phi) is 4.65. The second-order valence-electron chi connectivity index (χ2n) is 5.69. The first-order chi connectivity index (χ1) is 11.9. The number of nitrogens with one attached hydrogen (secondary N) is 2. The number of anilines is 1.